The van der Waals surface area contributed by atoms with Crippen molar-refractivity contribution in [3.63, 3.8) is 0 Å². The molecule has 0 aliphatic carbocycles. The summed E-state index contributed by atoms with van der Waals surface area (Å²) in [6.07, 6.45) is -3.34. The van der Waals surface area contributed by atoms with Gasteiger partial charge in [0.25, 0.3) is 5.91 Å². The molecule has 0 bridgehead atoms. The highest BCUT2D eigenvalue weighted by atomic mass is 19.4. The summed E-state index contributed by atoms with van der Waals surface area (Å²) < 4.78 is 44.3. The van der Waals surface area contributed by atoms with E-state index in [1.807, 2.05) is 0 Å². The molecular weight excluding hydrogens is 477 g/mol. The van der Waals surface area contributed by atoms with Gasteiger partial charge < -0.3 is 25.2 Å². The SMILES string of the molecule is CC(=O)Nc1ccc(C(=O)N2CCC3(CC2)CN(C(=O)Nc2ccc(C(F)(F)F)cc2)CCO3)cc1. The summed E-state index contributed by atoms with van der Waals surface area (Å²) in [4.78, 5) is 40.2. The molecule has 1 spiro atoms. The standard InChI is InChI=1S/C25H27F3N4O4/c1-17(33)29-20-6-2-18(3-7-20)22(34)31-12-10-24(11-13-31)16-32(14-15-36-24)23(35)30-21-8-4-19(5-9-21)25(26,27)28/h2-9H,10-16H2,1H3,(H,29,33)(H,30,35). The van der Waals surface area contributed by atoms with Crippen molar-refractivity contribution < 1.29 is 32.3 Å². The molecule has 2 aliphatic heterocycles. The maximum Gasteiger partial charge on any atom is 0.416 e. The van der Waals surface area contributed by atoms with Crippen LogP contribution in [0.2, 0.25) is 0 Å². The average molecular weight is 505 g/mol. The largest absolute Gasteiger partial charge is 0.416 e. The van der Waals surface area contributed by atoms with Gasteiger partial charge >= 0.3 is 12.2 Å². The van der Waals surface area contributed by atoms with Gasteiger partial charge in [0, 0.05) is 43.5 Å². The van der Waals surface area contributed by atoms with E-state index in [1.165, 1.54) is 19.1 Å². The lowest BCUT2D eigenvalue weighted by atomic mass is 9.89. The van der Waals surface area contributed by atoms with Crippen LogP contribution in [0.1, 0.15) is 35.7 Å². The average Bonchev–Trinajstić information content (AvgIpc) is 2.84. The number of hydrogen-bond acceptors (Lipinski definition) is 4. The normalized spacial score (nSPS) is 17.6. The number of likely N-dealkylation sites (tertiary alicyclic amines) is 1. The van der Waals surface area contributed by atoms with Crippen molar-refractivity contribution >= 4 is 29.2 Å². The number of alkyl halides is 3. The third-order valence-corrected chi connectivity index (χ3v) is 6.41. The molecule has 2 aliphatic rings. The number of anilines is 2. The van der Waals surface area contributed by atoms with Crippen LogP contribution in [-0.2, 0) is 15.7 Å². The summed E-state index contributed by atoms with van der Waals surface area (Å²) in [7, 11) is 0. The van der Waals surface area contributed by atoms with Crippen LogP contribution in [-0.4, -0.2) is 66.0 Å². The van der Waals surface area contributed by atoms with E-state index >= 15 is 0 Å². The number of ether oxygens (including phenoxy) is 1. The quantitative estimate of drug-likeness (QED) is 0.656. The molecule has 2 aromatic carbocycles. The topological polar surface area (TPSA) is 91.0 Å². The predicted molar refractivity (Wildman–Crippen MR) is 127 cm³/mol. The third kappa shape index (κ3) is 5.96. The Hall–Kier alpha value is -3.60. The van der Waals surface area contributed by atoms with Crippen molar-refractivity contribution in [1.29, 1.82) is 0 Å². The molecule has 8 nitrogen and oxygen atoms in total. The molecule has 0 aromatic heterocycles. The highest BCUT2D eigenvalue weighted by Crippen LogP contribution is 2.32. The van der Waals surface area contributed by atoms with Gasteiger partial charge in [-0.05, 0) is 61.4 Å². The maximum absolute atomic E-state index is 12.9. The number of carbonyl (C=O) groups excluding carboxylic acids is 3. The molecule has 0 radical (unpaired) electrons. The number of nitrogens with one attached hydrogen (secondary N) is 2. The van der Waals surface area contributed by atoms with Gasteiger partial charge in [0.1, 0.15) is 0 Å². The van der Waals surface area contributed by atoms with Crippen molar-refractivity contribution in [3.05, 3.63) is 59.7 Å². The summed E-state index contributed by atoms with van der Waals surface area (Å²) in [6, 6.07) is 10.6. The van der Waals surface area contributed by atoms with Crippen LogP contribution in [0.25, 0.3) is 0 Å². The Balaban J connectivity index is 1.32. The fourth-order valence-corrected chi connectivity index (χ4v) is 4.47. The number of amides is 4. The number of morpholine rings is 1. The van der Waals surface area contributed by atoms with Gasteiger partial charge in [-0.1, -0.05) is 0 Å². The van der Waals surface area contributed by atoms with Crippen LogP contribution >= 0.6 is 0 Å². The van der Waals surface area contributed by atoms with Crippen molar-refractivity contribution in [3.8, 4) is 0 Å². The van der Waals surface area contributed by atoms with Crippen LogP contribution in [0.3, 0.4) is 0 Å². The second-order valence-corrected chi connectivity index (χ2v) is 9.01. The number of hydrogen-bond donors (Lipinski definition) is 2. The number of halogens is 3. The smallest absolute Gasteiger partial charge is 0.371 e. The molecule has 2 saturated heterocycles. The minimum absolute atomic E-state index is 0.119. The molecule has 11 heteroatoms. The van der Waals surface area contributed by atoms with Crippen LogP contribution in [0.15, 0.2) is 48.5 Å². The molecule has 4 rings (SSSR count). The van der Waals surface area contributed by atoms with Crippen molar-refractivity contribution in [1.82, 2.24) is 9.80 Å². The molecule has 2 aromatic rings. The van der Waals surface area contributed by atoms with Gasteiger partial charge in [0.05, 0.1) is 24.3 Å². The Morgan fingerprint density at radius 1 is 0.861 bits per heavy atom. The molecule has 2 fully saturated rings. The van der Waals surface area contributed by atoms with E-state index in [-0.39, 0.29) is 17.5 Å². The lowest BCUT2D eigenvalue weighted by Crippen LogP contribution is -2.59. The monoisotopic (exact) mass is 504 g/mol. The Labute approximate surface area is 206 Å². The molecule has 192 valence electrons. The highest BCUT2D eigenvalue weighted by molar-refractivity contribution is 5.95. The third-order valence-electron chi connectivity index (χ3n) is 6.41. The molecule has 0 saturated carbocycles. The predicted octanol–water partition coefficient (Wildman–Crippen LogP) is 4.20. The summed E-state index contributed by atoms with van der Waals surface area (Å²) in [5.41, 5.74) is 0.0419. The lowest BCUT2D eigenvalue weighted by Gasteiger charge is -2.47. The number of rotatable bonds is 3. The van der Waals surface area contributed by atoms with Crippen LogP contribution in [0, 0.1) is 0 Å². The van der Waals surface area contributed by atoms with Crippen LogP contribution in [0.4, 0.5) is 29.3 Å². The van der Waals surface area contributed by atoms with Crippen LogP contribution < -0.4 is 10.6 Å². The summed E-state index contributed by atoms with van der Waals surface area (Å²) in [5, 5.41) is 5.31. The zero-order valence-electron chi connectivity index (χ0n) is 19.7. The second-order valence-electron chi connectivity index (χ2n) is 9.01. The summed E-state index contributed by atoms with van der Waals surface area (Å²) >= 11 is 0. The van der Waals surface area contributed by atoms with E-state index in [1.54, 1.807) is 34.1 Å². The molecule has 2 N–H and O–H groups in total. The summed E-state index contributed by atoms with van der Waals surface area (Å²) in [5.74, 6) is -0.308. The Kier molecular flexibility index (Phi) is 7.21. The minimum atomic E-state index is -4.44. The van der Waals surface area contributed by atoms with Gasteiger partial charge in [0.2, 0.25) is 5.91 Å². The van der Waals surface area contributed by atoms with E-state index < -0.39 is 23.4 Å². The molecule has 0 unspecified atom stereocenters. The number of urea groups is 1. The zero-order chi connectivity index (χ0) is 25.9. The maximum atomic E-state index is 12.9. The lowest BCUT2D eigenvalue weighted by molar-refractivity contribution is -0.137. The van der Waals surface area contributed by atoms with Gasteiger partial charge in [-0.3, -0.25) is 9.59 Å². The van der Waals surface area contributed by atoms with Gasteiger partial charge in [-0.25, -0.2) is 4.79 Å². The first-order valence-electron chi connectivity index (χ1n) is 11.6. The first-order valence-corrected chi connectivity index (χ1v) is 11.6. The highest BCUT2D eigenvalue weighted by Gasteiger charge is 2.42. The van der Waals surface area contributed by atoms with Gasteiger partial charge in [-0.2, -0.15) is 13.2 Å². The first-order chi connectivity index (χ1) is 17.0. The number of nitrogens with zero attached hydrogens (tertiary/aromatic N) is 2. The van der Waals surface area contributed by atoms with E-state index in [4.69, 9.17) is 4.74 Å². The summed E-state index contributed by atoms with van der Waals surface area (Å²) in [6.45, 7) is 3.35. The number of carbonyl (C=O) groups is 3. The van der Waals surface area contributed by atoms with E-state index in [9.17, 15) is 27.6 Å². The Morgan fingerprint density at radius 2 is 1.44 bits per heavy atom. The molecule has 4 amide bonds. The van der Waals surface area contributed by atoms with Gasteiger partial charge in [0.15, 0.2) is 0 Å². The fraction of sp³-hybridized carbons (Fsp3) is 0.400. The van der Waals surface area contributed by atoms with Gasteiger partial charge in [-0.15, -0.1) is 0 Å². The van der Waals surface area contributed by atoms with Crippen molar-refractivity contribution in [2.75, 3.05) is 43.4 Å². The fourth-order valence-electron chi connectivity index (χ4n) is 4.47. The molecule has 0 atom stereocenters. The molecular formula is C25H27F3N4O4. The minimum Gasteiger partial charge on any atom is -0.371 e. The van der Waals surface area contributed by atoms with E-state index in [2.05, 4.69) is 10.6 Å². The molecule has 36 heavy (non-hydrogen) atoms. The van der Waals surface area contributed by atoms with Crippen LogP contribution in [0.5, 0.6) is 0 Å². The Morgan fingerprint density at radius 3 is 2.03 bits per heavy atom. The Bertz CT molecular complexity index is 1110. The van der Waals surface area contributed by atoms with E-state index in [0.717, 1.165) is 12.1 Å². The zero-order valence-corrected chi connectivity index (χ0v) is 19.7. The first kappa shape index (κ1) is 25.5. The number of piperidine rings is 1. The van der Waals surface area contributed by atoms with E-state index in [0.29, 0.717) is 56.9 Å². The van der Waals surface area contributed by atoms with Crippen molar-refractivity contribution in [2.24, 2.45) is 0 Å². The molecule has 2 heterocycles. The van der Waals surface area contributed by atoms with Crippen molar-refractivity contribution in [2.45, 2.75) is 31.5 Å². The second kappa shape index (κ2) is 10.2. The number of benzene rings is 2.